The number of benzene rings is 3. The Bertz CT molecular complexity index is 1510. The van der Waals surface area contributed by atoms with Gasteiger partial charge >= 0.3 is 0 Å². The summed E-state index contributed by atoms with van der Waals surface area (Å²) in [6, 6.07) is 19.3. The minimum atomic E-state index is -0.392. The van der Waals surface area contributed by atoms with E-state index in [1.165, 1.54) is 0 Å². The number of nitrogens with one attached hydrogen (secondary N) is 2. The topological polar surface area (TPSA) is 79.3 Å². The van der Waals surface area contributed by atoms with Crippen LogP contribution in [0.2, 0.25) is 15.1 Å². The summed E-state index contributed by atoms with van der Waals surface area (Å²) in [5.74, 6) is -0.528. The van der Waals surface area contributed by atoms with Gasteiger partial charge < -0.3 is 15.5 Å². The van der Waals surface area contributed by atoms with E-state index in [0.717, 1.165) is 18.7 Å². The van der Waals surface area contributed by atoms with Gasteiger partial charge in [-0.25, -0.2) is 4.68 Å². The first-order valence-corrected chi connectivity index (χ1v) is 13.0. The average molecular weight is 569 g/mol. The van der Waals surface area contributed by atoms with Gasteiger partial charge in [0.15, 0.2) is 5.69 Å². The van der Waals surface area contributed by atoms with Crippen molar-refractivity contribution in [1.29, 1.82) is 0 Å². The predicted molar refractivity (Wildman–Crippen MR) is 152 cm³/mol. The van der Waals surface area contributed by atoms with Crippen LogP contribution >= 0.6 is 34.8 Å². The molecule has 10 heteroatoms. The van der Waals surface area contributed by atoms with Crippen molar-refractivity contribution in [2.75, 3.05) is 25.5 Å². The Labute approximate surface area is 235 Å². The zero-order valence-electron chi connectivity index (χ0n) is 20.6. The van der Waals surface area contributed by atoms with Gasteiger partial charge in [-0.1, -0.05) is 46.9 Å². The smallest absolute Gasteiger partial charge is 0.276 e. The summed E-state index contributed by atoms with van der Waals surface area (Å²) < 4.78 is 1.64. The van der Waals surface area contributed by atoms with Crippen molar-refractivity contribution in [3.8, 4) is 16.9 Å². The van der Waals surface area contributed by atoms with Crippen LogP contribution in [0.5, 0.6) is 0 Å². The number of carbonyl (C=O) groups is 2. The maximum Gasteiger partial charge on any atom is 0.276 e. The summed E-state index contributed by atoms with van der Waals surface area (Å²) in [6.45, 7) is 3.51. The number of likely N-dealkylation sites (N-methyl/N-ethyl adjacent to an activating group) is 1. The highest BCUT2D eigenvalue weighted by Gasteiger charge is 2.26. The van der Waals surface area contributed by atoms with E-state index in [0.29, 0.717) is 43.3 Å². The van der Waals surface area contributed by atoms with Crippen LogP contribution in [0.4, 0.5) is 5.69 Å². The summed E-state index contributed by atoms with van der Waals surface area (Å²) in [5, 5.41) is 12.0. The van der Waals surface area contributed by atoms with Gasteiger partial charge in [0.25, 0.3) is 11.8 Å². The number of aromatic nitrogens is 2. The van der Waals surface area contributed by atoms with Crippen LogP contribution in [0.3, 0.4) is 0 Å². The molecule has 0 aliphatic carbocycles. The molecule has 2 N–H and O–H groups in total. The third-order valence-corrected chi connectivity index (χ3v) is 7.19. The second kappa shape index (κ2) is 10.8. The minimum absolute atomic E-state index is 0.136. The Morgan fingerprint density at radius 3 is 2.18 bits per heavy atom. The van der Waals surface area contributed by atoms with Gasteiger partial charge in [-0.05, 0) is 68.6 Å². The van der Waals surface area contributed by atoms with Crippen LogP contribution < -0.4 is 10.6 Å². The molecule has 1 saturated heterocycles. The molecule has 4 aromatic rings. The van der Waals surface area contributed by atoms with E-state index < -0.39 is 5.91 Å². The third kappa shape index (κ3) is 5.42. The number of carbonyl (C=O) groups excluding carboxylic acids is 2. The number of rotatable bonds is 6. The molecular weight excluding hydrogens is 545 g/mol. The average Bonchev–Trinajstić information content (AvgIpc) is 3.20. The van der Waals surface area contributed by atoms with Gasteiger partial charge in [-0.15, -0.1) is 0 Å². The molecule has 7 nitrogen and oxygen atoms in total. The Morgan fingerprint density at radius 2 is 1.55 bits per heavy atom. The highest BCUT2D eigenvalue weighted by molar-refractivity contribution is 6.35. The summed E-state index contributed by atoms with van der Waals surface area (Å²) in [7, 11) is 2.01. The van der Waals surface area contributed by atoms with Crippen molar-refractivity contribution in [3.05, 3.63) is 98.6 Å². The predicted octanol–water partition coefficient (Wildman–Crippen LogP) is 6.10. The van der Waals surface area contributed by atoms with Gasteiger partial charge in [-0.2, -0.15) is 5.10 Å². The number of nitrogens with zero attached hydrogens (tertiary/aromatic N) is 3. The lowest BCUT2D eigenvalue weighted by Crippen LogP contribution is -2.57. The van der Waals surface area contributed by atoms with E-state index in [-0.39, 0.29) is 17.6 Å². The first-order valence-electron chi connectivity index (χ1n) is 11.9. The lowest BCUT2D eigenvalue weighted by molar-refractivity contribution is 0.0857. The van der Waals surface area contributed by atoms with Crippen molar-refractivity contribution in [1.82, 2.24) is 20.0 Å². The molecule has 1 aliphatic rings. The summed E-state index contributed by atoms with van der Waals surface area (Å²) in [6.07, 6.45) is 0. The molecule has 3 aromatic carbocycles. The fourth-order valence-electron chi connectivity index (χ4n) is 4.44. The maximum atomic E-state index is 13.4. The second-order valence-corrected chi connectivity index (χ2v) is 10.5. The molecule has 0 bridgehead atoms. The quantitative estimate of drug-likeness (QED) is 0.294. The highest BCUT2D eigenvalue weighted by Crippen LogP contribution is 2.33. The summed E-state index contributed by atoms with van der Waals surface area (Å²) in [5.41, 5.74) is 4.06. The van der Waals surface area contributed by atoms with E-state index in [9.17, 15) is 9.59 Å². The zero-order chi connectivity index (χ0) is 27.0. The molecule has 0 atom stereocenters. The molecular formula is C28H24Cl3N5O2. The number of hydrogen-bond donors (Lipinski definition) is 2. The molecule has 1 fully saturated rings. The lowest BCUT2D eigenvalue weighted by atomic mass is 10.1. The number of halogens is 3. The highest BCUT2D eigenvalue weighted by atomic mass is 35.5. The molecule has 0 saturated carbocycles. The van der Waals surface area contributed by atoms with Gasteiger partial charge in [0.1, 0.15) is 0 Å². The molecule has 2 amide bonds. The van der Waals surface area contributed by atoms with Crippen molar-refractivity contribution in [2.24, 2.45) is 0 Å². The second-order valence-electron chi connectivity index (χ2n) is 9.26. The Hall–Kier alpha value is -3.36. The summed E-state index contributed by atoms with van der Waals surface area (Å²) in [4.78, 5) is 28.0. The first-order chi connectivity index (χ1) is 18.2. The molecule has 0 unspecified atom stereocenters. The number of anilines is 1. The fourth-order valence-corrected chi connectivity index (χ4v) is 5.05. The zero-order valence-corrected chi connectivity index (χ0v) is 22.9. The van der Waals surface area contributed by atoms with Crippen molar-refractivity contribution in [3.63, 3.8) is 0 Å². The van der Waals surface area contributed by atoms with E-state index >= 15 is 0 Å². The molecule has 0 spiro atoms. The van der Waals surface area contributed by atoms with Gasteiger partial charge in [0, 0.05) is 45.5 Å². The Morgan fingerprint density at radius 1 is 0.895 bits per heavy atom. The maximum absolute atomic E-state index is 13.4. The normalized spacial score (nSPS) is 13.7. The van der Waals surface area contributed by atoms with Crippen molar-refractivity contribution >= 4 is 52.3 Å². The minimum Gasteiger partial charge on any atom is -0.347 e. The van der Waals surface area contributed by atoms with E-state index in [4.69, 9.17) is 34.8 Å². The molecule has 0 radical (unpaired) electrons. The number of hydrogen-bond acceptors (Lipinski definition) is 4. The SMILES string of the molecule is Cc1c(C(=O)Nc2ccc(C(=O)NC3CN(C)C3)cc2)nn(-c2ccc(Cl)cc2Cl)c1-c1ccc(Cl)cc1. The molecule has 5 rings (SSSR count). The molecule has 2 heterocycles. The fraction of sp³-hybridized carbons (Fsp3) is 0.179. The van der Waals surface area contributed by atoms with Crippen LogP contribution in [-0.4, -0.2) is 52.7 Å². The van der Waals surface area contributed by atoms with Gasteiger partial charge in [-0.3, -0.25) is 9.59 Å². The monoisotopic (exact) mass is 567 g/mol. The standard InChI is InChI=1S/C28H24Cl3N5O2/c1-16-25(28(38)32-21-10-5-18(6-11-21)27(37)33-22-14-35(2)15-22)34-36(24-12-9-20(30)13-23(24)31)26(16)17-3-7-19(29)8-4-17/h3-13,22H,14-15H2,1-2H3,(H,32,38)(H,33,37). The Balaban J connectivity index is 1.42. The van der Waals surface area contributed by atoms with Crippen LogP contribution in [-0.2, 0) is 0 Å². The molecule has 1 aromatic heterocycles. The summed E-state index contributed by atoms with van der Waals surface area (Å²) >= 11 is 18.7. The number of amides is 2. The van der Waals surface area contributed by atoms with Crippen molar-refractivity contribution in [2.45, 2.75) is 13.0 Å². The van der Waals surface area contributed by atoms with Crippen LogP contribution in [0.1, 0.15) is 26.4 Å². The van der Waals surface area contributed by atoms with Crippen LogP contribution in [0, 0.1) is 6.92 Å². The first kappa shape index (κ1) is 26.3. The lowest BCUT2D eigenvalue weighted by Gasteiger charge is -2.36. The molecule has 194 valence electrons. The van der Waals surface area contributed by atoms with Gasteiger partial charge in [0.05, 0.1) is 22.4 Å². The number of likely N-dealkylation sites (tertiary alicyclic amines) is 1. The van der Waals surface area contributed by atoms with E-state index in [2.05, 4.69) is 20.6 Å². The van der Waals surface area contributed by atoms with Crippen molar-refractivity contribution < 1.29 is 9.59 Å². The van der Waals surface area contributed by atoms with Crippen LogP contribution in [0.25, 0.3) is 16.9 Å². The van der Waals surface area contributed by atoms with E-state index in [1.807, 2.05) is 26.1 Å². The largest absolute Gasteiger partial charge is 0.347 e. The van der Waals surface area contributed by atoms with E-state index in [1.54, 1.807) is 59.3 Å². The van der Waals surface area contributed by atoms with Crippen LogP contribution in [0.15, 0.2) is 66.7 Å². The third-order valence-electron chi connectivity index (χ3n) is 6.40. The van der Waals surface area contributed by atoms with Gasteiger partial charge in [0.2, 0.25) is 0 Å². The molecule has 1 aliphatic heterocycles. The molecule has 38 heavy (non-hydrogen) atoms. The Kier molecular flexibility index (Phi) is 7.45.